The lowest BCUT2D eigenvalue weighted by Gasteiger charge is -2.07. The van der Waals surface area contributed by atoms with Crippen molar-refractivity contribution in [2.24, 2.45) is 0 Å². The zero-order valence-electron chi connectivity index (χ0n) is 12.5. The molecule has 0 atom stereocenters. The fourth-order valence-corrected chi connectivity index (χ4v) is 2.58. The van der Waals surface area contributed by atoms with Gasteiger partial charge in [-0.3, -0.25) is 4.79 Å². The first-order valence-electron chi connectivity index (χ1n) is 7.64. The van der Waals surface area contributed by atoms with E-state index in [2.05, 4.69) is 45.1 Å². The summed E-state index contributed by atoms with van der Waals surface area (Å²) in [6, 6.07) is 9.48. The molecule has 0 saturated heterocycles. The standard InChI is InChI=1S/C17H22N2O2/c1-21-17(20)3-2-9-19-10-8-14-5-4-13(11-16(14)19)12-18-15-6-7-15/h4-5,8,10-11,15,18H,2-3,6-7,9,12H2,1H3. The smallest absolute Gasteiger partial charge is 0.305 e. The summed E-state index contributed by atoms with van der Waals surface area (Å²) in [4.78, 5) is 11.2. The fourth-order valence-electron chi connectivity index (χ4n) is 2.58. The summed E-state index contributed by atoms with van der Waals surface area (Å²) in [5.41, 5.74) is 2.57. The normalized spacial score (nSPS) is 14.5. The van der Waals surface area contributed by atoms with Crippen molar-refractivity contribution < 1.29 is 9.53 Å². The fraction of sp³-hybridized carbons (Fsp3) is 0.471. The van der Waals surface area contributed by atoms with Crippen LogP contribution in [0.25, 0.3) is 10.9 Å². The van der Waals surface area contributed by atoms with E-state index >= 15 is 0 Å². The number of carbonyl (C=O) groups is 1. The molecular formula is C17H22N2O2. The second-order valence-electron chi connectivity index (χ2n) is 5.74. The largest absolute Gasteiger partial charge is 0.469 e. The third kappa shape index (κ3) is 3.64. The van der Waals surface area contributed by atoms with Crippen LogP contribution in [0.3, 0.4) is 0 Å². The topological polar surface area (TPSA) is 43.3 Å². The van der Waals surface area contributed by atoms with Crippen LogP contribution >= 0.6 is 0 Å². The van der Waals surface area contributed by atoms with Crippen LogP contribution in [0.4, 0.5) is 0 Å². The van der Waals surface area contributed by atoms with Crippen molar-refractivity contribution in [2.45, 2.75) is 44.8 Å². The quantitative estimate of drug-likeness (QED) is 0.796. The van der Waals surface area contributed by atoms with Crippen molar-refractivity contribution in [3.63, 3.8) is 0 Å². The summed E-state index contributed by atoms with van der Waals surface area (Å²) in [5, 5.41) is 4.80. The van der Waals surface area contributed by atoms with Crippen molar-refractivity contribution in [1.29, 1.82) is 0 Å². The third-order valence-corrected chi connectivity index (χ3v) is 4.02. The maximum Gasteiger partial charge on any atom is 0.305 e. The van der Waals surface area contributed by atoms with Crippen LogP contribution in [-0.4, -0.2) is 23.7 Å². The number of hydrogen-bond donors (Lipinski definition) is 1. The van der Waals surface area contributed by atoms with Gasteiger partial charge in [-0.15, -0.1) is 0 Å². The zero-order chi connectivity index (χ0) is 14.7. The first kappa shape index (κ1) is 14.1. The van der Waals surface area contributed by atoms with Gasteiger partial charge in [0.2, 0.25) is 0 Å². The number of rotatable bonds is 7. The van der Waals surface area contributed by atoms with Gasteiger partial charge in [-0.2, -0.15) is 0 Å². The predicted octanol–water partition coefficient (Wildman–Crippen LogP) is 2.85. The summed E-state index contributed by atoms with van der Waals surface area (Å²) < 4.78 is 6.90. The Balaban J connectivity index is 1.66. The van der Waals surface area contributed by atoms with Crippen molar-refractivity contribution in [3.8, 4) is 0 Å². The zero-order valence-corrected chi connectivity index (χ0v) is 12.5. The molecule has 4 heteroatoms. The number of nitrogens with zero attached hydrogens (tertiary/aromatic N) is 1. The van der Waals surface area contributed by atoms with Gasteiger partial charge in [-0.05, 0) is 42.3 Å². The molecule has 0 aliphatic heterocycles. The molecule has 1 aromatic carbocycles. The van der Waals surface area contributed by atoms with Crippen LogP contribution in [0.1, 0.15) is 31.2 Å². The minimum Gasteiger partial charge on any atom is -0.469 e. The van der Waals surface area contributed by atoms with E-state index in [4.69, 9.17) is 0 Å². The van der Waals surface area contributed by atoms with Gasteiger partial charge < -0.3 is 14.6 Å². The van der Waals surface area contributed by atoms with Gasteiger partial charge in [-0.1, -0.05) is 12.1 Å². The van der Waals surface area contributed by atoms with E-state index in [0.29, 0.717) is 6.42 Å². The van der Waals surface area contributed by atoms with E-state index in [-0.39, 0.29) is 5.97 Å². The molecule has 0 amide bonds. The van der Waals surface area contributed by atoms with Gasteiger partial charge >= 0.3 is 5.97 Å². The van der Waals surface area contributed by atoms with Gasteiger partial charge in [0.25, 0.3) is 0 Å². The molecule has 0 bridgehead atoms. The number of ether oxygens (including phenoxy) is 1. The molecule has 1 fully saturated rings. The average molecular weight is 286 g/mol. The molecule has 1 saturated carbocycles. The minimum absolute atomic E-state index is 0.138. The highest BCUT2D eigenvalue weighted by Gasteiger charge is 2.19. The minimum atomic E-state index is -0.138. The second-order valence-corrected chi connectivity index (χ2v) is 5.74. The third-order valence-electron chi connectivity index (χ3n) is 4.02. The van der Waals surface area contributed by atoms with E-state index in [1.165, 1.54) is 36.4 Å². The van der Waals surface area contributed by atoms with E-state index in [0.717, 1.165) is 25.6 Å². The number of benzene rings is 1. The summed E-state index contributed by atoms with van der Waals surface area (Å²) in [7, 11) is 1.44. The molecule has 112 valence electrons. The number of hydrogen-bond acceptors (Lipinski definition) is 3. The first-order valence-corrected chi connectivity index (χ1v) is 7.64. The SMILES string of the molecule is COC(=O)CCCn1ccc2ccc(CNC3CC3)cc21. The summed E-state index contributed by atoms with van der Waals surface area (Å²) >= 11 is 0. The summed E-state index contributed by atoms with van der Waals surface area (Å²) in [6.07, 6.45) is 6.00. The Kier molecular flexibility index (Phi) is 4.25. The maximum atomic E-state index is 11.2. The lowest BCUT2D eigenvalue weighted by molar-refractivity contribution is -0.140. The Labute approximate surface area is 125 Å². The van der Waals surface area contributed by atoms with Crippen LogP contribution in [0.5, 0.6) is 0 Å². The van der Waals surface area contributed by atoms with Gasteiger partial charge in [0.1, 0.15) is 0 Å². The predicted molar refractivity (Wildman–Crippen MR) is 83.0 cm³/mol. The molecule has 3 rings (SSSR count). The van der Waals surface area contributed by atoms with Crippen LogP contribution in [0.2, 0.25) is 0 Å². The maximum absolute atomic E-state index is 11.2. The van der Waals surface area contributed by atoms with Crippen LogP contribution in [0.15, 0.2) is 30.5 Å². The number of aromatic nitrogens is 1. The molecule has 0 unspecified atom stereocenters. The molecule has 21 heavy (non-hydrogen) atoms. The molecular weight excluding hydrogens is 264 g/mol. The van der Waals surface area contributed by atoms with E-state index < -0.39 is 0 Å². The Bertz CT molecular complexity index is 629. The molecule has 1 heterocycles. The van der Waals surface area contributed by atoms with E-state index in [9.17, 15) is 4.79 Å². The molecule has 1 aliphatic rings. The van der Waals surface area contributed by atoms with Gasteiger partial charge in [0, 0.05) is 37.3 Å². The number of carbonyl (C=O) groups excluding carboxylic acids is 1. The lowest BCUT2D eigenvalue weighted by atomic mass is 10.1. The molecule has 4 nitrogen and oxygen atoms in total. The Morgan fingerprint density at radius 2 is 2.24 bits per heavy atom. The molecule has 0 radical (unpaired) electrons. The number of fused-ring (bicyclic) bond motifs is 1. The van der Waals surface area contributed by atoms with Crippen LogP contribution in [-0.2, 0) is 22.6 Å². The lowest BCUT2D eigenvalue weighted by Crippen LogP contribution is -2.15. The Hall–Kier alpha value is -1.81. The number of aryl methyl sites for hydroxylation is 1. The molecule has 1 aliphatic carbocycles. The highest BCUT2D eigenvalue weighted by Crippen LogP contribution is 2.21. The number of methoxy groups -OCH3 is 1. The number of esters is 1. The highest BCUT2D eigenvalue weighted by molar-refractivity contribution is 5.80. The van der Waals surface area contributed by atoms with Gasteiger partial charge in [0.15, 0.2) is 0 Å². The summed E-state index contributed by atoms with van der Waals surface area (Å²) in [5.74, 6) is -0.138. The average Bonchev–Trinajstić information content (AvgIpc) is 3.26. The molecule has 0 spiro atoms. The second kappa shape index (κ2) is 6.31. The summed E-state index contributed by atoms with van der Waals surface area (Å²) in [6.45, 7) is 1.78. The molecule has 2 aromatic rings. The molecule has 1 N–H and O–H groups in total. The molecule has 1 aromatic heterocycles. The van der Waals surface area contributed by atoms with Gasteiger partial charge in [0.05, 0.1) is 7.11 Å². The van der Waals surface area contributed by atoms with Crippen molar-refractivity contribution >= 4 is 16.9 Å². The van der Waals surface area contributed by atoms with E-state index in [1.807, 2.05) is 0 Å². The van der Waals surface area contributed by atoms with E-state index in [1.54, 1.807) is 0 Å². The van der Waals surface area contributed by atoms with Crippen LogP contribution in [0, 0.1) is 0 Å². The monoisotopic (exact) mass is 286 g/mol. The van der Waals surface area contributed by atoms with Crippen molar-refractivity contribution in [1.82, 2.24) is 9.88 Å². The van der Waals surface area contributed by atoms with Crippen molar-refractivity contribution in [2.75, 3.05) is 7.11 Å². The van der Waals surface area contributed by atoms with Crippen LogP contribution < -0.4 is 5.32 Å². The number of nitrogens with one attached hydrogen (secondary N) is 1. The van der Waals surface area contributed by atoms with Gasteiger partial charge in [-0.25, -0.2) is 0 Å². The Morgan fingerprint density at radius 3 is 3.00 bits per heavy atom. The first-order chi connectivity index (χ1) is 10.3. The highest BCUT2D eigenvalue weighted by atomic mass is 16.5. The Morgan fingerprint density at radius 1 is 1.38 bits per heavy atom. The van der Waals surface area contributed by atoms with Crippen molar-refractivity contribution in [3.05, 3.63) is 36.0 Å².